The van der Waals surface area contributed by atoms with Gasteiger partial charge in [-0.3, -0.25) is 0 Å². The Bertz CT molecular complexity index is 469. The van der Waals surface area contributed by atoms with Gasteiger partial charge in [0.05, 0.1) is 13.2 Å². The third kappa shape index (κ3) is 5.54. The minimum Gasteiger partial charge on any atom is -0.477 e. The molecule has 0 radical (unpaired) electrons. The van der Waals surface area contributed by atoms with Gasteiger partial charge in [0.2, 0.25) is 5.88 Å². The Kier molecular flexibility index (Phi) is 7.00. The van der Waals surface area contributed by atoms with Crippen molar-refractivity contribution in [3.8, 4) is 5.88 Å². The summed E-state index contributed by atoms with van der Waals surface area (Å²) in [7, 11) is 0. The Labute approximate surface area is 133 Å². The number of pyridine rings is 1. The van der Waals surface area contributed by atoms with E-state index >= 15 is 0 Å². The zero-order valence-electron chi connectivity index (χ0n) is 13.6. The molecule has 0 spiro atoms. The molecule has 22 heavy (non-hydrogen) atoms. The van der Waals surface area contributed by atoms with Crippen molar-refractivity contribution in [2.24, 2.45) is 10.7 Å². The van der Waals surface area contributed by atoms with Crippen LogP contribution in [0.3, 0.4) is 0 Å². The zero-order valence-corrected chi connectivity index (χ0v) is 13.6. The van der Waals surface area contributed by atoms with E-state index in [2.05, 4.69) is 22.2 Å². The van der Waals surface area contributed by atoms with Crippen molar-refractivity contribution in [2.45, 2.75) is 64.5 Å². The summed E-state index contributed by atoms with van der Waals surface area (Å²) in [5, 5.41) is 3.33. The second-order valence-corrected chi connectivity index (χ2v) is 5.85. The van der Waals surface area contributed by atoms with Crippen molar-refractivity contribution in [1.82, 2.24) is 10.3 Å². The van der Waals surface area contributed by atoms with E-state index in [9.17, 15) is 0 Å². The normalized spacial score (nSPS) is 16.5. The fourth-order valence-corrected chi connectivity index (χ4v) is 2.66. The number of hydrogen-bond donors (Lipinski definition) is 2. The fourth-order valence-electron chi connectivity index (χ4n) is 2.66. The Morgan fingerprint density at radius 3 is 3.00 bits per heavy atom. The van der Waals surface area contributed by atoms with Crippen molar-refractivity contribution in [1.29, 1.82) is 0 Å². The second-order valence-electron chi connectivity index (χ2n) is 5.85. The molecule has 1 aromatic heterocycles. The van der Waals surface area contributed by atoms with Crippen molar-refractivity contribution < 1.29 is 4.74 Å². The van der Waals surface area contributed by atoms with Gasteiger partial charge in [-0.2, -0.15) is 0 Å². The molecule has 122 valence electrons. The lowest BCUT2D eigenvalue weighted by Gasteiger charge is -2.23. The number of aliphatic imine (C=N–C) groups is 1. The van der Waals surface area contributed by atoms with E-state index in [-0.39, 0.29) is 0 Å². The molecule has 0 unspecified atom stereocenters. The minimum absolute atomic E-state index is 0.478. The molecule has 1 aliphatic rings. The molecule has 1 aliphatic carbocycles. The molecule has 0 amide bonds. The quantitative estimate of drug-likeness (QED) is 0.461. The first-order valence-electron chi connectivity index (χ1n) is 8.42. The largest absolute Gasteiger partial charge is 0.477 e. The number of unbranched alkanes of at least 4 members (excludes halogenated alkanes) is 1. The monoisotopic (exact) mass is 304 g/mol. The molecule has 5 heteroatoms. The number of hydrogen-bond acceptors (Lipinski definition) is 3. The highest BCUT2D eigenvalue weighted by atomic mass is 16.5. The molecule has 0 atom stereocenters. The van der Waals surface area contributed by atoms with Crippen LogP contribution in [0.15, 0.2) is 23.3 Å². The highest BCUT2D eigenvalue weighted by Crippen LogP contribution is 2.18. The van der Waals surface area contributed by atoms with Crippen LogP contribution in [-0.2, 0) is 6.54 Å². The standard InChI is InChI=1S/C17H28N4O/c1-2-3-12-22-16-14(8-7-11-19-16)13-20-17(18)21-15-9-5-4-6-10-15/h7-8,11,15H,2-6,9-10,12-13H2,1H3,(H3,18,20,21). The SMILES string of the molecule is CCCCOc1ncccc1CN=C(N)NC1CCCCC1. The number of nitrogens with zero attached hydrogens (tertiary/aromatic N) is 2. The van der Waals surface area contributed by atoms with Crippen LogP contribution in [0.4, 0.5) is 0 Å². The first-order chi connectivity index (χ1) is 10.8. The molecule has 0 bridgehead atoms. The molecule has 1 saturated carbocycles. The van der Waals surface area contributed by atoms with E-state index in [1.807, 2.05) is 12.1 Å². The Balaban J connectivity index is 1.87. The first-order valence-corrected chi connectivity index (χ1v) is 8.42. The Hall–Kier alpha value is -1.78. The van der Waals surface area contributed by atoms with E-state index in [0.29, 0.717) is 31.0 Å². The molecule has 2 rings (SSSR count). The average Bonchev–Trinajstić information content (AvgIpc) is 2.55. The molecule has 1 heterocycles. The van der Waals surface area contributed by atoms with Gasteiger partial charge in [-0.1, -0.05) is 38.7 Å². The average molecular weight is 304 g/mol. The highest BCUT2D eigenvalue weighted by Gasteiger charge is 2.13. The maximum atomic E-state index is 6.00. The van der Waals surface area contributed by atoms with Crippen LogP contribution < -0.4 is 15.8 Å². The van der Waals surface area contributed by atoms with Gasteiger partial charge in [0, 0.05) is 17.8 Å². The Morgan fingerprint density at radius 2 is 2.23 bits per heavy atom. The number of nitrogens with one attached hydrogen (secondary N) is 1. The van der Waals surface area contributed by atoms with Gasteiger partial charge in [0.15, 0.2) is 5.96 Å². The summed E-state index contributed by atoms with van der Waals surface area (Å²) >= 11 is 0. The van der Waals surface area contributed by atoms with Gasteiger partial charge in [-0.25, -0.2) is 9.98 Å². The van der Waals surface area contributed by atoms with Crippen LogP contribution in [0.2, 0.25) is 0 Å². The van der Waals surface area contributed by atoms with E-state index in [1.54, 1.807) is 6.20 Å². The molecule has 1 aromatic rings. The lowest BCUT2D eigenvalue weighted by molar-refractivity contribution is 0.294. The van der Waals surface area contributed by atoms with Gasteiger partial charge in [-0.15, -0.1) is 0 Å². The fraction of sp³-hybridized carbons (Fsp3) is 0.647. The number of ether oxygens (including phenoxy) is 1. The molecule has 3 N–H and O–H groups in total. The molecule has 5 nitrogen and oxygen atoms in total. The second kappa shape index (κ2) is 9.28. The number of guanidine groups is 1. The van der Waals surface area contributed by atoms with Crippen LogP contribution in [-0.4, -0.2) is 23.6 Å². The van der Waals surface area contributed by atoms with Gasteiger partial charge in [-0.05, 0) is 25.3 Å². The maximum absolute atomic E-state index is 6.00. The summed E-state index contributed by atoms with van der Waals surface area (Å²) in [5.74, 6) is 1.19. The number of nitrogens with two attached hydrogens (primary N) is 1. The molecular weight excluding hydrogens is 276 g/mol. The predicted molar refractivity (Wildman–Crippen MR) is 90.0 cm³/mol. The smallest absolute Gasteiger partial charge is 0.218 e. The van der Waals surface area contributed by atoms with Crippen molar-refractivity contribution in [3.05, 3.63) is 23.9 Å². The lowest BCUT2D eigenvalue weighted by Crippen LogP contribution is -2.41. The van der Waals surface area contributed by atoms with Gasteiger partial charge in [0.25, 0.3) is 0 Å². The third-order valence-electron chi connectivity index (χ3n) is 3.96. The maximum Gasteiger partial charge on any atom is 0.218 e. The first kappa shape index (κ1) is 16.6. The van der Waals surface area contributed by atoms with Crippen molar-refractivity contribution in [2.75, 3.05) is 6.61 Å². The lowest BCUT2D eigenvalue weighted by atomic mass is 9.96. The number of rotatable bonds is 7. The van der Waals surface area contributed by atoms with Crippen molar-refractivity contribution in [3.63, 3.8) is 0 Å². The van der Waals surface area contributed by atoms with Gasteiger partial charge in [0.1, 0.15) is 0 Å². The van der Waals surface area contributed by atoms with E-state index in [0.717, 1.165) is 18.4 Å². The van der Waals surface area contributed by atoms with E-state index in [4.69, 9.17) is 10.5 Å². The van der Waals surface area contributed by atoms with Crippen LogP contribution in [0, 0.1) is 0 Å². The van der Waals surface area contributed by atoms with Gasteiger partial charge >= 0.3 is 0 Å². The molecular formula is C17H28N4O. The predicted octanol–water partition coefficient (Wildman–Crippen LogP) is 3.00. The molecule has 0 saturated heterocycles. The molecule has 1 fully saturated rings. The summed E-state index contributed by atoms with van der Waals surface area (Å²) < 4.78 is 5.72. The van der Waals surface area contributed by atoms with Crippen LogP contribution in [0.5, 0.6) is 5.88 Å². The Morgan fingerprint density at radius 1 is 1.41 bits per heavy atom. The van der Waals surface area contributed by atoms with Gasteiger partial charge < -0.3 is 15.8 Å². The van der Waals surface area contributed by atoms with Crippen molar-refractivity contribution >= 4 is 5.96 Å². The summed E-state index contributed by atoms with van der Waals surface area (Å²) in [5.41, 5.74) is 6.98. The van der Waals surface area contributed by atoms with Crippen LogP contribution in [0.1, 0.15) is 57.4 Å². The summed E-state index contributed by atoms with van der Waals surface area (Å²) in [6.07, 6.45) is 10.2. The molecule has 0 aliphatic heterocycles. The zero-order chi connectivity index (χ0) is 15.6. The van der Waals surface area contributed by atoms with Crippen LogP contribution >= 0.6 is 0 Å². The minimum atomic E-state index is 0.478. The van der Waals surface area contributed by atoms with Crippen LogP contribution in [0.25, 0.3) is 0 Å². The summed E-state index contributed by atoms with van der Waals surface area (Å²) in [6.45, 7) is 3.34. The van der Waals surface area contributed by atoms with E-state index < -0.39 is 0 Å². The topological polar surface area (TPSA) is 72.5 Å². The molecule has 0 aromatic carbocycles. The number of aromatic nitrogens is 1. The third-order valence-corrected chi connectivity index (χ3v) is 3.96. The highest BCUT2D eigenvalue weighted by molar-refractivity contribution is 5.78. The summed E-state index contributed by atoms with van der Waals surface area (Å²) in [4.78, 5) is 8.73. The summed E-state index contributed by atoms with van der Waals surface area (Å²) in [6, 6.07) is 4.38. The van der Waals surface area contributed by atoms with E-state index in [1.165, 1.54) is 32.1 Å².